The van der Waals surface area contributed by atoms with E-state index < -0.39 is 0 Å². The minimum atomic E-state index is 0.404. The summed E-state index contributed by atoms with van der Waals surface area (Å²) in [4.78, 5) is 0. The van der Waals surface area contributed by atoms with E-state index in [9.17, 15) is 0 Å². The summed E-state index contributed by atoms with van der Waals surface area (Å²) < 4.78 is 5.46. The third-order valence-corrected chi connectivity index (χ3v) is 2.59. The first-order chi connectivity index (χ1) is 7.33. The van der Waals surface area contributed by atoms with Gasteiger partial charge < -0.3 is 9.73 Å². The lowest BCUT2D eigenvalue weighted by molar-refractivity contribution is 0.476. The normalized spacial score (nSPS) is 12.7. The second-order valence-electron chi connectivity index (χ2n) is 3.63. The molecule has 0 aromatic carbocycles. The van der Waals surface area contributed by atoms with Crippen LogP contribution in [0.1, 0.15) is 44.1 Å². The molecule has 0 saturated heterocycles. The number of aryl methyl sites for hydroxylation is 1. The van der Waals surface area contributed by atoms with Crippen molar-refractivity contribution >= 4 is 0 Å². The van der Waals surface area contributed by atoms with Crippen LogP contribution >= 0.6 is 0 Å². The summed E-state index contributed by atoms with van der Waals surface area (Å²) in [6.45, 7) is 9.00. The molecule has 0 amide bonds. The number of rotatable bonds is 7. The van der Waals surface area contributed by atoms with Gasteiger partial charge in [-0.05, 0) is 25.5 Å². The van der Waals surface area contributed by atoms with Crippen LogP contribution in [-0.2, 0) is 6.42 Å². The Morgan fingerprint density at radius 1 is 1.53 bits per heavy atom. The maximum atomic E-state index is 5.46. The topological polar surface area (TPSA) is 25.2 Å². The van der Waals surface area contributed by atoms with Crippen LogP contribution in [0.15, 0.2) is 29.4 Å². The SMILES string of the molecule is C=CCCC(NCC)c1ccoc1CC. The van der Waals surface area contributed by atoms with Gasteiger partial charge in [0, 0.05) is 18.0 Å². The van der Waals surface area contributed by atoms with Gasteiger partial charge in [-0.1, -0.05) is 19.9 Å². The number of hydrogen-bond acceptors (Lipinski definition) is 2. The van der Waals surface area contributed by atoms with Crippen molar-refractivity contribution in [2.45, 2.75) is 39.2 Å². The predicted molar refractivity (Wildman–Crippen MR) is 63.9 cm³/mol. The fraction of sp³-hybridized carbons (Fsp3) is 0.538. The maximum absolute atomic E-state index is 5.46. The molecule has 0 radical (unpaired) electrons. The molecule has 2 heteroatoms. The molecule has 0 bridgehead atoms. The number of hydrogen-bond donors (Lipinski definition) is 1. The van der Waals surface area contributed by atoms with Crippen LogP contribution in [0.5, 0.6) is 0 Å². The lowest BCUT2D eigenvalue weighted by Crippen LogP contribution is -2.21. The van der Waals surface area contributed by atoms with Crippen LogP contribution < -0.4 is 5.32 Å². The molecule has 1 rings (SSSR count). The lowest BCUT2D eigenvalue weighted by Gasteiger charge is -2.16. The van der Waals surface area contributed by atoms with Crippen molar-refractivity contribution in [3.63, 3.8) is 0 Å². The summed E-state index contributed by atoms with van der Waals surface area (Å²) >= 11 is 0. The molecule has 0 saturated carbocycles. The molecule has 0 aliphatic heterocycles. The number of furan rings is 1. The highest BCUT2D eigenvalue weighted by molar-refractivity contribution is 5.21. The van der Waals surface area contributed by atoms with Crippen molar-refractivity contribution in [3.8, 4) is 0 Å². The highest BCUT2D eigenvalue weighted by Crippen LogP contribution is 2.23. The monoisotopic (exact) mass is 207 g/mol. The van der Waals surface area contributed by atoms with Crippen LogP contribution in [-0.4, -0.2) is 6.54 Å². The van der Waals surface area contributed by atoms with Gasteiger partial charge in [0.2, 0.25) is 0 Å². The number of allylic oxidation sites excluding steroid dienone is 1. The average Bonchev–Trinajstić information content (AvgIpc) is 2.72. The maximum Gasteiger partial charge on any atom is 0.108 e. The Hall–Kier alpha value is -1.02. The van der Waals surface area contributed by atoms with E-state index in [4.69, 9.17) is 4.42 Å². The molecule has 0 fully saturated rings. The van der Waals surface area contributed by atoms with E-state index in [-0.39, 0.29) is 0 Å². The van der Waals surface area contributed by atoms with Gasteiger partial charge in [-0.25, -0.2) is 0 Å². The molecular weight excluding hydrogens is 186 g/mol. The van der Waals surface area contributed by atoms with Gasteiger partial charge >= 0.3 is 0 Å². The van der Waals surface area contributed by atoms with Crippen molar-refractivity contribution in [2.24, 2.45) is 0 Å². The van der Waals surface area contributed by atoms with E-state index in [0.717, 1.165) is 31.6 Å². The van der Waals surface area contributed by atoms with Gasteiger partial charge in [0.15, 0.2) is 0 Å². The summed E-state index contributed by atoms with van der Waals surface area (Å²) in [7, 11) is 0. The zero-order valence-electron chi connectivity index (χ0n) is 9.75. The Morgan fingerprint density at radius 3 is 2.93 bits per heavy atom. The summed E-state index contributed by atoms with van der Waals surface area (Å²) in [6, 6.07) is 2.48. The van der Waals surface area contributed by atoms with Crippen LogP contribution in [0, 0.1) is 0 Å². The molecule has 0 aliphatic rings. The first-order valence-electron chi connectivity index (χ1n) is 5.74. The smallest absolute Gasteiger partial charge is 0.108 e. The predicted octanol–water partition coefficient (Wildman–Crippen LogP) is 3.46. The molecule has 84 valence electrons. The molecule has 1 heterocycles. The minimum absolute atomic E-state index is 0.404. The molecule has 1 aromatic heterocycles. The highest BCUT2D eigenvalue weighted by Gasteiger charge is 2.14. The van der Waals surface area contributed by atoms with Gasteiger partial charge in [0.05, 0.1) is 6.26 Å². The molecule has 1 N–H and O–H groups in total. The Bertz CT molecular complexity index is 290. The number of nitrogens with one attached hydrogen (secondary N) is 1. The summed E-state index contributed by atoms with van der Waals surface area (Å²) in [5.74, 6) is 1.10. The van der Waals surface area contributed by atoms with Gasteiger partial charge in [-0.3, -0.25) is 0 Å². The molecule has 1 atom stereocenters. The molecule has 1 aromatic rings. The average molecular weight is 207 g/mol. The molecule has 1 unspecified atom stereocenters. The van der Waals surface area contributed by atoms with Crippen molar-refractivity contribution in [1.29, 1.82) is 0 Å². The molecule has 15 heavy (non-hydrogen) atoms. The van der Waals surface area contributed by atoms with Gasteiger partial charge in [-0.15, -0.1) is 6.58 Å². The largest absolute Gasteiger partial charge is 0.469 e. The molecule has 2 nitrogen and oxygen atoms in total. The van der Waals surface area contributed by atoms with Crippen molar-refractivity contribution in [1.82, 2.24) is 5.32 Å². The van der Waals surface area contributed by atoms with Crippen LogP contribution in [0.2, 0.25) is 0 Å². The van der Waals surface area contributed by atoms with Crippen LogP contribution in [0.4, 0.5) is 0 Å². The fourth-order valence-corrected chi connectivity index (χ4v) is 1.85. The Morgan fingerprint density at radius 2 is 2.33 bits per heavy atom. The summed E-state index contributed by atoms with van der Waals surface area (Å²) in [5, 5.41) is 3.49. The van der Waals surface area contributed by atoms with E-state index in [0.29, 0.717) is 6.04 Å². The van der Waals surface area contributed by atoms with E-state index in [1.807, 2.05) is 6.08 Å². The minimum Gasteiger partial charge on any atom is -0.469 e. The quantitative estimate of drug-likeness (QED) is 0.693. The van der Waals surface area contributed by atoms with Crippen molar-refractivity contribution < 1.29 is 4.42 Å². The first-order valence-corrected chi connectivity index (χ1v) is 5.74. The van der Waals surface area contributed by atoms with Crippen LogP contribution in [0.25, 0.3) is 0 Å². The van der Waals surface area contributed by atoms with Crippen LogP contribution in [0.3, 0.4) is 0 Å². The zero-order chi connectivity index (χ0) is 11.1. The Balaban J connectivity index is 2.73. The highest BCUT2D eigenvalue weighted by atomic mass is 16.3. The van der Waals surface area contributed by atoms with E-state index >= 15 is 0 Å². The van der Waals surface area contributed by atoms with Gasteiger partial charge in [-0.2, -0.15) is 0 Å². The Labute approximate surface area is 92.4 Å². The Kier molecular flexibility index (Phi) is 5.19. The van der Waals surface area contributed by atoms with Gasteiger partial charge in [0.25, 0.3) is 0 Å². The lowest BCUT2D eigenvalue weighted by atomic mass is 10.0. The van der Waals surface area contributed by atoms with Crippen molar-refractivity contribution in [2.75, 3.05) is 6.54 Å². The zero-order valence-corrected chi connectivity index (χ0v) is 9.75. The standard InChI is InChI=1S/C13H21NO/c1-4-7-8-12(14-6-3)11-9-10-15-13(11)5-2/h4,9-10,12,14H,1,5-8H2,2-3H3. The second-order valence-corrected chi connectivity index (χ2v) is 3.63. The second kappa shape index (κ2) is 6.46. The molecular formula is C13H21NO. The molecule has 0 spiro atoms. The van der Waals surface area contributed by atoms with E-state index in [2.05, 4.69) is 31.8 Å². The van der Waals surface area contributed by atoms with Crippen molar-refractivity contribution in [3.05, 3.63) is 36.3 Å². The summed E-state index contributed by atoms with van der Waals surface area (Å²) in [6.07, 6.45) is 6.83. The van der Waals surface area contributed by atoms with E-state index in [1.165, 1.54) is 5.56 Å². The first kappa shape index (κ1) is 12.1. The van der Waals surface area contributed by atoms with Gasteiger partial charge in [0.1, 0.15) is 5.76 Å². The fourth-order valence-electron chi connectivity index (χ4n) is 1.85. The summed E-state index contributed by atoms with van der Waals surface area (Å²) in [5.41, 5.74) is 1.31. The third-order valence-electron chi connectivity index (χ3n) is 2.59. The molecule has 0 aliphatic carbocycles. The third kappa shape index (κ3) is 3.24. The van der Waals surface area contributed by atoms with E-state index in [1.54, 1.807) is 6.26 Å².